The van der Waals surface area contributed by atoms with Crippen molar-refractivity contribution in [3.63, 3.8) is 0 Å². The number of rotatable bonds is 1. The van der Waals surface area contributed by atoms with Gasteiger partial charge in [0, 0.05) is 7.05 Å². The van der Waals surface area contributed by atoms with E-state index in [1.807, 2.05) is 0 Å². The third-order valence-corrected chi connectivity index (χ3v) is 3.73. The fourth-order valence-corrected chi connectivity index (χ4v) is 2.53. The highest BCUT2D eigenvalue weighted by molar-refractivity contribution is 7.80. The Morgan fingerprint density at radius 1 is 1.33 bits per heavy atom. The molecule has 4 nitrogen and oxygen atoms in total. The number of carbonyl (C=O) groups excluding carboxylic acids is 1. The van der Waals surface area contributed by atoms with Crippen LogP contribution in [-0.4, -0.2) is 29.0 Å². The molecule has 1 aliphatic carbocycles. The smallest absolute Gasteiger partial charge is 0.247 e. The van der Waals surface area contributed by atoms with E-state index in [0.29, 0.717) is 11.0 Å². The highest BCUT2D eigenvalue weighted by atomic mass is 32.1. The SMILES string of the molecule is CN1C(=O)C(C2CCCCC2)NNC1=S. The van der Waals surface area contributed by atoms with Crippen molar-refractivity contribution in [2.45, 2.75) is 38.1 Å². The molecular weight excluding hydrogens is 210 g/mol. The molecule has 84 valence electrons. The lowest BCUT2D eigenvalue weighted by atomic mass is 9.83. The van der Waals surface area contributed by atoms with Gasteiger partial charge in [-0.1, -0.05) is 19.3 Å². The van der Waals surface area contributed by atoms with E-state index in [2.05, 4.69) is 10.9 Å². The molecule has 1 saturated carbocycles. The summed E-state index contributed by atoms with van der Waals surface area (Å²) in [5.74, 6) is 0.565. The van der Waals surface area contributed by atoms with Gasteiger partial charge < -0.3 is 0 Å². The number of nitrogens with one attached hydrogen (secondary N) is 2. The van der Waals surface area contributed by atoms with Crippen molar-refractivity contribution in [1.82, 2.24) is 15.8 Å². The Morgan fingerprint density at radius 2 is 2.00 bits per heavy atom. The van der Waals surface area contributed by atoms with Crippen LogP contribution in [0.2, 0.25) is 0 Å². The molecule has 1 atom stereocenters. The molecule has 1 heterocycles. The number of thiocarbonyl (C=S) groups is 1. The zero-order chi connectivity index (χ0) is 10.8. The average Bonchev–Trinajstić information content (AvgIpc) is 2.27. The summed E-state index contributed by atoms with van der Waals surface area (Å²) in [7, 11) is 1.73. The van der Waals surface area contributed by atoms with E-state index in [0.717, 1.165) is 12.8 Å². The maximum Gasteiger partial charge on any atom is 0.247 e. The molecule has 0 aromatic heterocycles. The minimum absolute atomic E-state index is 0.0954. The van der Waals surface area contributed by atoms with Crippen molar-refractivity contribution < 1.29 is 4.79 Å². The molecular formula is C10H17N3OS. The van der Waals surface area contributed by atoms with E-state index >= 15 is 0 Å². The summed E-state index contributed by atoms with van der Waals surface area (Å²) < 4.78 is 0. The van der Waals surface area contributed by atoms with Crippen molar-refractivity contribution in [1.29, 1.82) is 0 Å². The number of hydrogen-bond acceptors (Lipinski definition) is 3. The van der Waals surface area contributed by atoms with Crippen LogP contribution in [0.5, 0.6) is 0 Å². The molecule has 2 rings (SSSR count). The Hall–Kier alpha value is -0.680. The summed E-state index contributed by atoms with van der Waals surface area (Å²) in [6.07, 6.45) is 6.07. The van der Waals surface area contributed by atoms with Crippen molar-refractivity contribution in [2.75, 3.05) is 7.05 Å². The zero-order valence-corrected chi connectivity index (χ0v) is 9.77. The van der Waals surface area contributed by atoms with E-state index in [-0.39, 0.29) is 11.9 Å². The predicted molar refractivity (Wildman–Crippen MR) is 62.0 cm³/mol. The molecule has 0 radical (unpaired) electrons. The molecule has 2 N–H and O–H groups in total. The first-order valence-electron chi connectivity index (χ1n) is 5.53. The summed E-state index contributed by atoms with van der Waals surface area (Å²) in [5.41, 5.74) is 5.93. The maximum absolute atomic E-state index is 12.0. The number of amides is 1. The fourth-order valence-electron chi connectivity index (χ4n) is 2.38. The van der Waals surface area contributed by atoms with Gasteiger partial charge in [-0.25, -0.2) is 5.43 Å². The van der Waals surface area contributed by atoms with Gasteiger partial charge >= 0.3 is 0 Å². The standard InChI is InChI=1S/C10H17N3OS/c1-13-9(14)8(11-12-10(13)15)7-5-3-2-4-6-7/h7-8,11H,2-6H2,1H3,(H,12,15). The van der Waals surface area contributed by atoms with Gasteiger partial charge in [-0.15, -0.1) is 0 Å². The number of hydrogen-bond donors (Lipinski definition) is 2. The van der Waals surface area contributed by atoms with Gasteiger partial charge in [0.05, 0.1) is 0 Å². The fraction of sp³-hybridized carbons (Fsp3) is 0.800. The Kier molecular flexibility index (Phi) is 3.21. The van der Waals surface area contributed by atoms with Crippen LogP contribution in [-0.2, 0) is 4.79 Å². The molecule has 0 spiro atoms. The van der Waals surface area contributed by atoms with Crippen molar-refractivity contribution in [3.05, 3.63) is 0 Å². The second kappa shape index (κ2) is 4.45. The quantitative estimate of drug-likeness (QED) is 0.650. The summed E-state index contributed by atoms with van der Waals surface area (Å²) in [5, 5.41) is 0.465. The summed E-state index contributed by atoms with van der Waals surface area (Å²) >= 11 is 4.99. The Labute approximate surface area is 95.4 Å². The zero-order valence-electron chi connectivity index (χ0n) is 8.95. The Morgan fingerprint density at radius 3 is 2.67 bits per heavy atom. The first-order chi connectivity index (χ1) is 7.20. The van der Waals surface area contributed by atoms with Crippen LogP contribution < -0.4 is 10.9 Å². The van der Waals surface area contributed by atoms with Gasteiger partial charge in [-0.3, -0.25) is 15.1 Å². The van der Waals surface area contributed by atoms with E-state index in [1.165, 1.54) is 24.2 Å². The maximum atomic E-state index is 12.0. The van der Waals surface area contributed by atoms with Gasteiger partial charge in [-0.2, -0.15) is 0 Å². The molecule has 1 saturated heterocycles. The Balaban J connectivity index is 2.02. The monoisotopic (exact) mass is 227 g/mol. The van der Waals surface area contributed by atoms with Gasteiger partial charge in [0.1, 0.15) is 6.04 Å². The van der Waals surface area contributed by atoms with E-state index in [1.54, 1.807) is 7.05 Å². The highest BCUT2D eigenvalue weighted by Gasteiger charge is 2.35. The Bertz CT molecular complexity index is 276. The normalized spacial score (nSPS) is 29.1. The first-order valence-corrected chi connectivity index (χ1v) is 5.94. The molecule has 2 fully saturated rings. The summed E-state index contributed by atoms with van der Waals surface area (Å²) in [6.45, 7) is 0. The van der Waals surface area contributed by atoms with E-state index in [9.17, 15) is 4.79 Å². The molecule has 5 heteroatoms. The second-order valence-electron chi connectivity index (χ2n) is 4.35. The van der Waals surface area contributed by atoms with Crippen LogP contribution in [0, 0.1) is 5.92 Å². The lowest BCUT2D eigenvalue weighted by molar-refractivity contribution is -0.132. The van der Waals surface area contributed by atoms with Crippen LogP contribution in [0.15, 0.2) is 0 Å². The largest absolute Gasteiger partial charge is 0.297 e. The molecule has 0 aromatic rings. The molecule has 1 unspecified atom stereocenters. The van der Waals surface area contributed by atoms with E-state index < -0.39 is 0 Å². The highest BCUT2D eigenvalue weighted by Crippen LogP contribution is 2.27. The minimum atomic E-state index is -0.0954. The van der Waals surface area contributed by atoms with Gasteiger partial charge in [-0.05, 0) is 31.0 Å². The second-order valence-corrected chi connectivity index (χ2v) is 4.73. The van der Waals surface area contributed by atoms with Gasteiger partial charge in [0.25, 0.3) is 0 Å². The lowest BCUT2D eigenvalue weighted by Gasteiger charge is -2.37. The molecule has 1 aliphatic heterocycles. The first kappa shape index (κ1) is 10.8. The number of hydrazine groups is 1. The van der Waals surface area contributed by atoms with Crippen molar-refractivity contribution in [3.8, 4) is 0 Å². The predicted octanol–water partition coefficient (Wildman–Crippen LogP) is 0.786. The van der Waals surface area contributed by atoms with Gasteiger partial charge in [0.15, 0.2) is 5.11 Å². The third-order valence-electron chi connectivity index (χ3n) is 3.36. The van der Waals surface area contributed by atoms with Crippen LogP contribution in [0.25, 0.3) is 0 Å². The molecule has 2 aliphatic rings. The lowest BCUT2D eigenvalue weighted by Crippen LogP contribution is -2.64. The van der Waals surface area contributed by atoms with Gasteiger partial charge in [0.2, 0.25) is 5.91 Å². The number of nitrogens with zero attached hydrogens (tertiary/aromatic N) is 1. The molecule has 0 aromatic carbocycles. The summed E-state index contributed by atoms with van der Waals surface area (Å²) in [4.78, 5) is 13.5. The molecule has 0 bridgehead atoms. The topological polar surface area (TPSA) is 44.4 Å². The van der Waals surface area contributed by atoms with E-state index in [4.69, 9.17) is 12.2 Å². The van der Waals surface area contributed by atoms with Crippen molar-refractivity contribution in [2.24, 2.45) is 5.92 Å². The van der Waals surface area contributed by atoms with Crippen LogP contribution in [0.4, 0.5) is 0 Å². The van der Waals surface area contributed by atoms with Crippen LogP contribution in [0.1, 0.15) is 32.1 Å². The number of likely N-dealkylation sites (N-methyl/N-ethyl adjacent to an activating group) is 1. The minimum Gasteiger partial charge on any atom is -0.297 e. The summed E-state index contributed by atoms with van der Waals surface area (Å²) in [6, 6.07) is -0.0954. The number of carbonyl (C=O) groups is 1. The van der Waals surface area contributed by atoms with Crippen LogP contribution in [0.3, 0.4) is 0 Å². The van der Waals surface area contributed by atoms with Crippen LogP contribution >= 0.6 is 12.2 Å². The molecule has 1 amide bonds. The third kappa shape index (κ3) is 2.13. The molecule has 15 heavy (non-hydrogen) atoms. The van der Waals surface area contributed by atoms with Crippen molar-refractivity contribution >= 4 is 23.2 Å². The average molecular weight is 227 g/mol.